The topological polar surface area (TPSA) is 58.6 Å². The van der Waals surface area contributed by atoms with Gasteiger partial charge in [-0.2, -0.15) is 13.2 Å². The lowest BCUT2D eigenvalue weighted by Crippen LogP contribution is -2.49. The summed E-state index contributed by atoms with van der Waals surface area (Å²) in [5, 5.41) is 7.61. The summed E-state index contributed by atoms with van der Waals surface area (Å²) < 4.78 is 43.5. The van der Waals surface area contributed by atoms with E-state index in [9.17, 15) is 18.0 Å². The first-order valence-electron chi connectivity index (χ1n) is 7.97. The van der Waals surface area contributed by atoms with E-state index < -0.39 is 11.7 Å². The maximum atomic E-state index is 12.9. The minimum Gasteiger partial charge on any atom is -0.480 e. The predicted molar refractivity (Wildman–Crippen MR) is 88.1 cm³/mol. The van der Waals surface area contributed by atoms with Crippen molar-refractivity contribution in [2.24, 2.45) is 0 Å². The van der Waals surface area contributed by atoms with E-state index in [1.54, 1.807) is 17.0 Å². The molecule has 1 fully saturated rings. The minimum absolute atomic E-state index is 0.207. The van der Waals surface area contributed by atoms with E-state index in [-0.39, 0.29) is 11.6 Å². The summed E-state index contributed by atoms with van der Waals surface area (Å²) in [4.78, 5) is 15.9. The molecule has 26 heavy (non-hydrogen) atoms. The highest BCUT2D eigenvalue weighted by Gasteiger charge is 2.31. The van der Waals surface area contributed by atoms with Crippen molar-refractivity contribution in [1.82, 2.24) is 15.1 Å². The number of amides is 1. The number of halogens is 3. The van der Waals surface area contributed by atoms with Crippen LogP contribution in [0.25, 0.3) is 0 Å². The van der Waals surface area contributed by atoms with Gasteiger partial charge in [0, 0.05) is 37.9 Å². The van der Waals surface area contributed by atoms with Gasteiger partial charge in [-0.25, -0.2) is 0 Å². The highest BCUT2D eigenvalue weighted by molar-refractivity contribution is 5.92. The van der Waals surface area contributed by atoms with Gasteiger partial charge in [-0.05, 0) is 24.3 Å². The Balaban J connectivity index is 1.64. The van der Waals surface area contributed by atoms with E-state index in [0.29, 0.717) is 37.7 Å². The summed E-state index contributed by atoms with van der Waals surface area (Å²) in [5.41, 5.74) is 0.0245. The maximum absolute atomic E-state index is 12.9. The van der Waals surface area contributed by atoms with Crippen LogP contribution in [0.4, 0.5) is 18.9 Å². The molecule has 1 saturated heterocycles. The standard InChI is InChI=1S/C17H17F3N4O2/c1-26-15-6-5-14(21-22-15)16(25)24-9-7-23(8-10-24)13-4-2-3-12(11-13)17(18,19)20/h2-6,11H,7-10H2,1H3. The van der Waals surface area contributed by atoms with Gasteiger partial charge in [-0.15, -0.1) is 10.2 Å². The molecule has 6 nitrogen and oxygen atoms in total. The van der Waals surface area contributed by atoms with Gasteiger partial charge in [0.25, 0.3) is 5.91 Å². The Morgan fingerprint density at radius 1 is 1.08 bits per heavy atom. The molecule has 0 spiro atoms. The van der Waals surface area contributed by atoms with Crippen LogP contribution >= 0.6 is 0 Å². The van der Waals surface area contributed by atoms with Crippen LogP contribution in [0.2, 0.25) is 0 Å². The van der Waals surface area contributed by atoms with Gasteiger partial charge in [-0.1, -0.05) is 6.07 Å². The van der Waals surface area contributed by atoms with Crippen molar-refractivity contribution in [2.75, 3.05) is 38.2 Å². The second-order valence-electron chi connectivity index (χ2n) is 5.79. The fourth-order valence-corrected chi connectivity index (χ4v) is 2.75. The number of alkyl halides is 3. The van der Waals surface area contributed by atoms with E-state index in [2.05, 4.69) is 10.2 Å². The molecule has 0 N–H and O–H groups in total. The first-order chi connectivity index (χ1) is 12.4. The maximum Gasteiger partial charge on any atom is 0.416 e. The molecule has 0 aliphatic carbocycles. The lowest BCUT2D eigenvalue weighted by molar-refractivity contribution is -0.137. The SMILES string of the molecule is COc1ccc(C(=O)N2CCN(c3cccc(C(F)(F)F)c3)CC2)nn1. The Morgan fingerprint density at radius 3 is 2.38 bits per heavy atom. The number of carbonyl (C=O) groups is 1. The molecule has 9 heteroatoms. The molecule has 0 atom stereocenters. The number of carbonyl (C=O) groups excluding carboxylic acids is 1. The zero-order valence-corrected chi connectivity index (χ0v) is 14.0. The number of anilines is 1. The lowest BCUT2D eigenvalue weighted by Gasteiger charge is -2.36. The second kappa shape index (κ2) is 7.19. The molecule has 0 radical (unpaired) electrons. The van der Waals surface area contributed by atoms with Gasteiger partial charge in [0.1, 0.15) is 0 Å². The predicted octanol–water partition coefficient (Wildman–Crippen LogP) is 2.47. The zero-order valence-electron chi connectivity index (χ0n) is 14.0. The van der Waals surface area contributed by atoms with Crippen LogP contribution in [-0.4, -0.2) is 54.3 Å². The Bertz CT molecular complexity index is 772. The Labute approximate surface area is 148 Å². The largest absolute Gasteiger partial charge is 0.480 e. The highest BCUT2D eigenvalue weighted by atomic mass is 19.4. The number of benzene rings is 1. The number of nitrogens with zero attached hydrogens (tertiary/aromatic N) is 4. The third-order valence-corrected chi connectivity index (χ3v) is 4.17. The van der Waals surface area contributed by atoms with Crippen LogP contribution in [0, 0.1) is 0 Å². The Morgan fingerprint density at radius 2 is 1.81 bits per heavy atom. The van der Waals surface area contributed by atoms with Crippen molar-refractivity contribution in [1.29, 1.82) is 0 Å². The van der Waals surface area contributed by atoms with Crippen LogP contribution in [0.3, 0.4) is 0 Å². The number of rotatable bonds is 3. The van der Waals surface area contributed by atoms with Gasteiger partial charge >= 0.3 is 6.18 Å². The van der Waals surface area contributed by atoms with Crippen LogP contribution in [0.1, 0.15) is 16.1 Å². The minimum atomic E-state index is -4.37. The number of ether oxygens (including phenoxy) is 1. The Hall–Kier alpha value is -2.84. The molecule has 0 unspecified atom stereocenters. The van der Waals surface area contributed by atoms with Crippen molar-refractivity contribution in [3.05, 3.63) is 47.7 Å². The van der Waals surface area contributed by atoms with E-state index in [1.165, 1.54) is 19.2 Å². The fourth-order valence-electron chi connectivity index (χ4n) is 2.75. The Kier molecular flexibility index (Phi) is 4.97. The molecular weight excluding hydrogens is 349 g/mol. The van der Waals surface area contributed by atoms with Crippen LogP contribution < -0.4 is 9.64 Å². The van der Waals surface area contributed by atoms with Crippen molar-refractivity contribution in [3.63, 3.8) is 0 Å². The molecule has 1 aliphatic rings. The summed E-state index contributed by atoms with van der Waals surface area (Å²) >= 11 is 0. The average Bonchev–Trinajstić information content (AvgIpc) is 2.67. The van der Waals surface area contributed by atoms with Crippen molar-refractivity contribution in [3.8, 4) is 5.88 Å². The molecule has 1 aromatic heterocycles. The van der Waals surface area contributed by atoms with Gasteiger partial charge in [0.15, 0.2) is 5.69 Å². The van der Waals surface area contributed by atoms with Gasteiger partial charge in [0.05, 0.1) is 12.7 Å². The van der Waals surface area contributed by atoms with Gasteiger partial charge in [-0.3, -0.25) is 4.79 Å². The van der Waals surface area contributed by atoms with Crippen molar-refractivity contribution >= 4 is 11.6 Å². The normalized spacial score (nSPS) is 15.1. The highest BCUT2D eigenvalue weighted by Crippen LogP contribution is 2.31. The van der Waals surface area contributed by atoms with E-state index in [4.69, 9.17) is 4.74 Å². The average molecular weight is 366 g/mol. The summed E-state index contributed by atoms with van der Waals surface area (Å²) in [6.45, 7) is 1.67. The molecule has 3 rings (SSSR count). The van der Waals surface area contributed by atoms with E-state index >= 15 is 0 Å². The molecule has 1 aromatic carbocycles. The number of piperazine rings is 1. The molecule has 138 valence electrons. The van der Waals surface area contributed by atoms with E-state index in [0.717, 1.165) is 12.1 Å². The van der Waals surface area contributed by atoms with Gasteiger partial charge < -0.3 is 14.5 Å². The summed E-state index contributed by atoms with van der Waals surface area (Å²) in [5.74, 6) is 0.0553. The molecule has 2 heterocycles. The molecule has 2 aromatic rings. The van der Waals surface area contributed by atoms with Crippen LogP contribution in [-0.2, 0) is 6.18 Å². The number of hydrogen-bond donors (Lipinski definition) is 0. The van der Waals surface area contributed by atoms with Crippen LogP contribution in [0.15, 0.2) is 36.4 Å². The quantitative estimate of drug-likeness (QED) is 0.835. The van der Waals surface area contributed by atoms with Gasteiger partial charge in [0.2, 0.25) is 5.88 Å². The number of methoxy groups -OCH3 is 1. The number of aromatic nitrogens is 2. The summed E-state index contributed by atoms with van der Waals surface area (Å²) in [6, 6.07) is 8.30. The van der Waals surface area contributed by atoms with Crippen molar-refractivity contribution in [2.45, 2.75) is 6.18 Å². The number of hydrogen-bond acceptors (Lipinski definition) is 5. The summed E-state index contributed by atoms with van der Waals surface area (Å²) in [7, 11) is 1.46. The third kappa shape index (κ3) is 3.87. The lowest BCUT2D eigenvalue weighted by atomic mass is 10.1. The molecule has 1 amide bonds. The second-order valence-corrected chi connectivity index (χ2v) is 5.79. The van der Waals surface area contributed by atoms with E-state index in [1.807, 2.05) is 4.90 Å². The first kappa shape index (κ1) is 18.0. The third-order valence-electron chi connectivity index (χ3n) is 4.17. The first-order valence-corrected chi connectivity index (χ1v) is 7.97. The van der Waals surface area contributed by atoms with Crippen LogP contribution in [0.5, 0.6) is 5.88 Å². The monoisotopic (exact) mass is 366 g/mol. The molecule has 0 bridgehead atoms. The zero-order chi connectivity index (χ0) is 18.7. The molecule has 1 aliphatic heterocycles. The smallest absolute Gasteiger partial charge is 0.416 e. The summed E-state index contributed by atoms with van der Waals surface area (Å²) in [6.07, 6.45) is -4.37. The molecule has 0 saturated carbocycles. The molecular formula is C17H17F3N4O2. The fraction of sp³-hybridized carbons (Fsp3) is 0.353. The van der Waals surface area contributed by atoms with Crippen molar-refractivity contribution < 1.29 is 22.7 Å².